The minimum atomic E-state index is -1.47. The predicted molar refractivity (Wildman–Crippen MR) is 104 cm³/mol. The summed E-state index contributed by atoms with van der Waals surface area (Å²) in [5.74, 6) is -1.41. The van der Waals surface area contributed by atoms with Crippen LogP contribution in [0, 0.1) is 0 Å². The summed E-state index contributed by atoms with van der Waals surface area (Å²) in [6, 6.07) is 7.34. The van der Waals surface area contributed by atoms with Crippen molar-refractivity contribution in [1.82, 2.24) is 0 Å². The topological polar surface area (TPSA) is 127 Å². The standard InChI is InChI=1S/C21H24O7/c1-21(2,27)18(25)10-14-16(24)11-17(28-3)19(20(14)26)15(23)9-6-12-4-7-13(22)8-5-12/h4-9,11,18,22,24-27H,10H2,1-3H3/b9-6+. The van der Waals surface area contributed by atoms with Crippen molar-refractivity contribution in [2.75, 3.05) is 7.11 Å². The van der Waals surface area contributed by atoms with Crippen LogP contribution < -0.4 is 4.74 Å². The van der Waals surface area contributed by atoms with Crippen molar-refractivity contribution in [1.29, 1.82) is 0 Å². The van der Waals surface area contributed by atoms with E-state index in [1.165, 1.54) is 51.3 Å². The molecule has 0 radical (unpaired) electrons. The molecule has 0 aliphatic rings. The summed E-state index contributed by atoms with van der Waals surface area (Å²) in [5.41, 5.74) is -1.06. The van der Waals surface area contributed by atoms with Gasteiger partial charge in [0.25, 0.3) is 0 Å². The average Bonchev–Trinajstić information content (AvgIpc) is 2.62. The molecule has 5 N–H and O–H groups in total. The Bertz CT molecular complexity index is 877. The highest BCUT2D eigenvalue weighted by Gasteiger charge is 2.29. The molecule has 7 heteroatoms. The number of methoxy groups -OCH3 is 1. The molecule has 2 rings (SSSR count). The number of benzene rings is 2. The van der Waals surface area contributed by atoms with Gasteiger partial charge in [0, 0.05) is 18.1 Å². The molecule has 1 unspecified atom stereocenters. The fraction of sp³-hybridized carbons (Fsp3) is 0.286. The Morgan fingerprint density at radius 3 is 2.32 bits per heavy atom. The molecule has 1 atom stereocenters. The van der Waals surface area contributed by atoms with E-state index in [0.717, 1.165) is 0 Å². The number of phenolic OH excluding ortho intramolecular Hbond substituents is 3. The fourth-order valence-corrected chi connectivity index (χ4v) is 2.56. The highest BCUT2D eigenvalue weighted by molar-refractivity contribution is 6.11. The van der Waals surface area contributed by atoms with E-state index in [-0.39, 0.29) is 34.8 Å². The van der Waals surface area contributed by atoms with E-state index in [1.807, 2.05) is 0 Å². The van der Waals surface area contributed by atoms with Gasteiger partial charge < -0.3 is 30.3 Å². The largest absolute Gasteiger partial charge is 0.508 e. The summed E-state index contributed by atoms with van der Waals surface area (Å²) in [5, 5.41) is 50.1. The fourth-order valence-electron chi connectivity index (χ4n) is 2.56. The van der Waals surface area contributed by atoms with Gasteiger partial charge in [0.15, 0.2) is 5.78 Å². The third-order valence-corrected chi connectivity index (χ3v) is 4.35. The Morgan fingerprint density at radius 1 is 1.18 bits per heavy atom. The number of aliphatic hydroxyl groups excluding tert-OH is 1. The van der Waals surface area contributed by atoms with Crippen LogP contribution in [0.1, 0.15) is 35.3 Å². The molecule has 0 saturated carbocycles. The summed E-state index contributed by atoms with van der Waals surface area (Å²) in [4.78, 5) is 12.7. The first-order chi connectivity index (χ1) is 13.0. The third-order valence-electron chi connectivity index (χ3n) is 4.35. The van der Waals surface area contributed by atoms with E-state index >= 15 is 0 Å². The molecule has 150 valence electrons. The van der Waals surface area contributed by atoms with Crippen LogP contribution in [-0.2, 0) is 6.42 Å². The zero-order valence-electron chi connectivity index (χ0n) is 15.9. The molecule has 0 aromatic heterocycles. The second-order valence-corrected chi connectivity index (χ2v) is 6.96. The minimum Gasteiger partial charge on any atom is -0.508 e. The number of carbonyl (C=O) groups excluding carboxylic acids is 1. The van der Waals surface area contributed by atoms with Crippen LogP contribution in [0.15, 0.2) is 36.4 Å². The predicted octanol–water partition coefficient (Wildman–Crippen LogP) is 2.38. The van der Waals surface area contributed by atoms with Gasteiger partial charge in [-0.25, -0.2) is 0 Å². The van der Waals surface area contributed by atoms with Gasteiger partial charge in [0.2, 0.25) is 0 Å². The van der Waals surface area contributed by atoms with Crippen molar-refractivity contribution in [3.63, 3.8) is 0 Å². The highest BCUT2D eigenvalue weighted by Crippen LogP contribution is 2.39. The maximum Gasteiger partial charge on any atom is 0.193 e. The minimum absolute atomic E-state index is 0.0307. The second-order valence-electron chi connectivity index (χ2n) is 6.96. The molecule has 0 fully saturated rings. The first-order valence-electron chi connectivity index (χ1n) is 8.58. The lowest BCUT2D eigenvalue weighted by molar-refractivity contribution is -0.0473. The number of allylic oxidation sites excluding steroid dienone is 1. The maximum atomic E-state index is 12.7. The number of ether oxygens (including phenoxy) is 1. The van der Waals surface area contributed by atoms with Gasteiger partial charge in [0.05, 0.1) is 18.8 Å². The van der Waals surface area contributed by atoms with Gasteiger partial charge in [-0.2, -0.15) is 0 Å². The van der Waals surface area contributed by atoms with Crippen LogP contribution in [0.5, 0.6) is 23.0 Å². The highest BCUT2D eigenvalue weighted by atomic mass is 16.5. The van der Waals surface area contributed by atoms with E-state index in [0.29, 0.717) is 5.56 Å². The van der Waals surface area contributed by atoms with Crippen molar-refractivity contribution in [3.8, 4) is 23.0 Å². The molecule has 0 aliphatic heterocycles. The quantitative estimate of drug-likeness (QED) is 0.364. The number of aliphatic hydroxyl groups is 2. The first-order valence-corrected chi connectivity index (χ1v) is 8.58. The van der Waals surface area contributed by atoms with E-state index in [2.05, 4.69) is 0 Å². The number of carbonyl (C=O) groups is 1. The van der Waals surface area contributed by atoms with Gasteiger partial charge in [-0.15, -0.1) is 0 Å². The Kier molecular flexibility index (Phi) is 6.33. The number of aromatic hydroxyl groups is 3. The van der Waals surface area contributed by atoms with E-state index < -0.39 is 23.2 Å². The SMILES string of the molecule is COc1cc(O)c(CC(O)C(C)(C)O)c(O)c1C(=O)/C=C/c1ccc(O)cc1. The van der Waals surface area contributed by atoms with Crippen LogP contribution in [0.4, 0.5) is 0 Å². The lowest BCUT2D eigenvalue weighted by atomic mass is 9.92. The molecule has 2 aromatic rings. The number of phenols is 3. The van der Waals surface area contributed by atoms with E-state index in [1.54, 1.807) is 12.1 Å². The van der Waals surface area contributed by atoms with Crippen molar-refractivity contribution >= 4 is 11.9 Å². The Balaban J connectivity index is 2.42. The van der Waals surface area contributed by atoms with Gasteiger partial charge in [-0.1, -0.05) is 18.2 Å². The molecule has 2 aromatic carbocycles. The van der Waals surface area contributed by atoms with E-state index in [4.69, 9.17) is 4.74 Å². The van der Waals surface area contributed by atoms with Gasteiger partial charge in [0.1, 0.15) is 28.6 Å². The summed E-state index contributed by atoms with van der Waals surface area (Å²) in [6.45, 7) is 2.78. The zero-order valence-corrected chi connectivity index (χ0v) is 15.9. The molecule has 0 saturated heterocycles. The summed E-state index contributed by atoms with van der Waals surface area (Å²) < 4.78 is 5.10. The van der Waals surface area contributed by atoms with Crippen LogP contribution in [0.25, 0.3) is 6.08 Å². The van der Waals surface area contributed by atoms with Gasteiger partial charge in [-0.3, -0.25) is 4.79 Å². The number of rotatable bonds is 7. The molecule has 0 heterocycles. The van der Waals surface area contributed by atoms with Crippen molar-refractivity contribution in [2.45, 2.75) is 32.0 Å². The molecular weight excluding hydrogens is 364 g/mol. The summed E-state index contributed by atoms with van der Waals surface area (Å²) >= 11 is 0. The second kappa shape index (κ2) is 8.33. The maximum absolute atomic E-state index is 12.7. The normalized spacial score (nSPS) is 12.9. The first kappa shape index (κ1) is 21.3. The summed E-state index contributed by atoms with van der Waals surface area (Å²) in [7, 11) is 1.29. The molecule has 0 spiro atoms. The number of hydrogen-bond acceptors (Lipinski definition) is 7. The molecule has 28 heavy (non-hydrogen) atoms. The molecule has 7 nitrogen and oxygen atoms in total. The monoisotopic (exact) mass is 388 g/mol. The molecule has 0 aliphatic carbocycles. The lowest BCUT2D eigenvalue weighted by Crippen LogP contribution is -2.37. The van der Waals surface area contributed by atoms with Crippen LogP contribution in [0.3, 0.4) is 0 Å². The lowest BCUT2D eigenvalue weighted by Gasteiger charge is -2.25. The Labute approximate surface area is 162 Å². The Morgan fingerprint density at radius 2 is 1.79 bits per heavy atom. The molecular formula is C21H24O7. The zero-order chi connectivity index (χ0) is 21.1. The summed E-state index contributed by atoms with van der Waals surface area (Å²) in [6.07, 6.45) is 1.16. The van der Waals surface area contributed by atoms with E-state index in [9.17, 15) is 30.3 Å². The molecule has 0 amide bonds. The smallest absolute Gasteiger partial charge is 0.193 e. The van der Waals surface area contributed by atoms with Crippen LogP contribution in [-0.4, -0.2) is 50.1 Å². The van der Waals surface area contributed by atoms with Gasteiger partial charge >= 0.3 is 0 Å². The Hall–Kier alpha value is -3.03. The third kappa shape index (κ3) is 4.82. The average molecular weight is 388 g/mol. The van der Waals surface area contributed by atoms with Crippen molar-refractivity contribution in [3.05, 3.63) is 53.1 Å². The number of ketones is 1. The van der Waals surface area contributed by atoms with Crippen molar-refractivity contribution in [2.24, 2.45) is 0 Å². The number of hydrogen-bond donors (Lipinski definition) is 5. The van der Waals surface area contributed by atoms with Crippen LogP contribution in [0.2, 0.25) is 0 Å². The molecule has 0 bridgehead atoms. The van der Waals surface area contributed by atoms with Crippen molar-refractivity contribution < 1.29 is 35.1 Å². The van der Waals surface area contributed by atoms with Gasteiger partial charge in [-0.05, 0) is 37.6 Å². The van der Waals surface area contributed by atoms with Crippen LogP contribution >= 0.6 is 0 Å².